The lowest BCUT2D eigenvalue weighted by atomic mass is 10.4. The summed E-state index contributed by atoms with van der Waals surface area (Å²) in [6.45, 7) is -0.615. The summed E-state index contributed by atoms with van der Waals surface area (Å²) in [6, 6.07) is 0. The number of aromatic nitrogens is 2. The van der Waals surface area contributed by atoms with E-state index in [2.05, 4.69) is 4.98 Å². The molecule has 0 saturated heterocycles. The van der Waals surface area contributed by atoms with Crippen molar-refractivity contribution >= 4 is 0 Å². The molecule has 0 spiro atoms. The maximum atomic E-state index is 10.8. The Labute approximate surface area is 63.1 Å². The van der Waals surface area contributed by atoms with E-state index in [0.717, 1.165) is 6.20 Å². The molecule has 0 unspecified atom stereocenters. The van der Waals surface area contributed by atoms with Crippen molar-refractivity contribution in [1.29, 1.82) is 0 Å². The largest absolute Gasteiger partial charge is 0.618 e. The number of aliphatic hydroxyl groups excluding tert-OH is 2. The Morgan fingerprint density at radius 2 is 2.18 bits per heavy atom. The van der Waals surface area contributed by atoms with Crippen LogP contribution in [0, 0.1) is 5.21 Å². The molecular formula is C6H8N2O3. The Hall–Kier alpha value is -1.20. The zero-order chi connectivity index (χ0) is 8.27. The van der Waals surface area contributed by atoms with Gasteiger partial charge >= 0.3 is 0 Å². The maximum Gasteiger partial charge on any atom is 0.236 e. The molecule has 0 fully saturated rings. The summed E-state index contributed by atoms with van der Waals surface area (Å²) >= 11 is 0. The standard InChI is InChI=1S/C6H8N2O3/c9-3-5-2-8(11)6(4-10)1-7-5/h1-2,9-10H,3-4H2. The van der Waals surface area contributed by atoms with Crippen LogP contribution in [-0.4, -0.2) is 15.2 Å². The lowest BCUT2D eigenvalue weighted by Crippen LogP contribution is -2.32. The van der Waals surface area contributed by atoms with Crippen LogP contribution in [-0.2, 0) is 13.2 Å². The molecule has 1 aromatic heterocycles. The third-order valence-corrected chi connectivity index (χ3v) is 1.25. The van der Waals surface area contributed by atoms with Crippen LogP contribution in [0.25, 0.3) is 0 Å². The lowest BCUT2D eigenvalue weighted by Gasteiger charge is -2.01. The zero-order valence-corrected chi connectivity index (χ0v) is 5.77. The van der Waals surface area contributed by atoms with Crippen LogP contribution in [0.1, 0.15) is 11.4 Å². The summed E-state index contributed by atoms with van der Waals surface area (Å²) in [5.41, 5.74) is 0.458. The Morgan fingerprint density at radius 1 is 1.45 bits per heavy atom. The third-order valence-electron chi connectivity index (χ3n) is 1.25. The predicted octanol–water partition coefficient (Wildman–Crippen LogP) is -1.30. The molecule has 60 valence electrons. The van der Waals surface area contributed by atoms with Gasteiger partial charge in [-0.15, -0.1) is 0 Å². The van der Waals surface area contributed by atoms with Crippen molar-refractivity contribution in [2.24, 2.45) is 0 Å². The second-order valence-corrected chi connectivity index (χ2v) is 2.01. The fourth-order valence-corrected chi connectivity index (χ4v) is 0.658. The maximum absolute atomic E-state index is 10.8. The van der Waals surface area contributed by atoms with Crippen molar-refractivity contribution in [2.75, 3.05) is 0 Å². The van der Waals surface area contributed by atoms with E-state index in [1.54, 1.807) is 0 Å². The van der Waals surface area contributed by atoms with E-state index in [1.807, 2.05) is 0 Å². The highest BCUT2D eigenvalue weighted by Gasteiger charge is 2.04. The monoisotopic (exact) mass is 156 g/mol. The van der Waals surface area contributed by atoms with E-state index in [9.17, 15) is 5.21 Å². The van der Waals surface area contributed by atoms with Crippen molar-refractivity contribution in [2.45, 2.75) is 13.2 Å². The number of aliphatic hydroxyl groups is 2. The molecule has 5 heteroatoms. The smallest absolute Gasteiger partial charge is 0.236 e. The second kappa shape index (κ2) is 3.27. The Bertz CT molecular complexity index is 252. The van der Waals surface area contributed by atoms with Gasteiger partial charge in [0.15, 0.2) is 0 Å². The van der Waals surface area contributed by atoms with E-state index < -0.39 is 0 Å². The van der Waals surface area contributed by atoms with Gasteiger partial charge in [0.1, 0.15) is 12.3 Å². The quantitative estimate of drug-likeness (QED) is 0.412. The fraction of sp³-hybridized carbons (Fsp3) is 0.333. The molecule has 2 N–H and O–H groups in total. The first-order chi connectivity index (χ1) is 5.27. The predicted molar refractivity (Wildman–Crippen MR) is 35.0 cm³/mol. The minimum atomic E-state index is -0.345. The Balaban J connectivity index is 2.99. The Morgan fingerprint density at radius 3 is 2.64 bits per heavy atom. The van der Waals surface area contributed by atoms with Crippen LogP contribution >= 0.6 is 0 Å². The second-order valence-electron chi connectivity index (χ2n) is 2.01. The van der Waals surface area contributed by atoms with Gasteiger partial charge in [0.05, 0.1) is 12.8 Å². The van der Waals surface area contributed by atoms with Gasteiger partial charge in [-0.3, -0.25) is 0 Å². The normalized spacial score (nSPS) is 10.0. The van der Waals surface area contributed by atoms with Crippen LogP contribution in [0.15, 0.2) is 12.4 Å². The van der Waals surface area contributed by atoms with Crippen LogP contribution in [0.5, 0.6) is 0 Å². The molecule has 0 bridgehead atoms. The summed E-state index contributed by atoms with van der Waals surface area (Å²) in [4.78, 5) is 3.70. The van der Waals surface area contributed by atoms with Gasteiger partial charge in [0.2, 0.25) is 11.9 Å². The van der Waals surface area contributed by atoms with Crippen LogP contribution in [0.2, 0.25) is 0 Å². The molecular weight excluding hydrogens is 148 g/mol. The molecule has 0 aliphatic heterocycles. The zero-order valence-electron chi connectivity index (χ0n) is 5.77. The molecule has 1 aromatic rings. The average Bonchev–Trinajstić information content (AvgIpc) is 2.04. The lowest BCUT2D eigenvalue weighted by molar-refractivity contribution is -0.617. The molecule has 0 aromatic carbocycles. The van der Waals surface area contributed by atoms with Gasteiger partial charge in [-0.1, -0.05) is 0 Å². The van der Waals surface area contributed by atoms with Gasteiger partial charge in [-0.2, -0.15) is 4.73 Å². The summed E-state index contributed by atoms with van der Waals surface area (Å²) in [5.74, 6) is 0. The first-order valence-corrected chi connectivity index (χ1v) is 3.06. The van der Waals surface area contributed by atoms with Gasteiger partial charge in [0, 0.05) is 0 Å². The van der Waals surface area contributed by atoms with Crippen molar-refractivity contribution in [3.63, 3.8) is 0 Å². The van der Waals surface area contributed by atoms with Crippen molar-refractivity contribution < 1.29 is 14.9 Å². The van der Waals surface area contributed by atoms with E-state index >= 15 is 0 Å². The van der Waals surface area contributed by atoms with E-state index in [-0.39, 0.29) is 24.6 Å². The molecule has 5 nitrogen and oxygen atoms in total. The summed E-state index contributed by atoms with van der Waals surface area (Å²) in [7, 11) is 0. The molecule has 0 amide bonds. The number of hydrogen-bond donors (Lipinski definition) is 2. The topological polar surface area (TPSA) is 80.3 Å². The highest BCUT2D eigenvalue weighted by Crippen LogP contribution is 1.91. The minimum Gasteiger partial charge on any atom is -0.618 e. The molecule has 0 radical (unpaired) electrons. The molecule has 1 heterocycles. The van der Waals surface area contributed by atoms with Gasteiger partial charge in [-0.25, -0.2) is 4.98 Å². The van der Waals surface area contributed by atoms with E-state index in [0.29, 0.717) is 4.73 Å². The summed E-state index contributed by atoms with van der Waals surface area (Å²) < 4.78 is 0.485. The van der Waals surface area contributed by atoms with Crippen LogP contribution in [0.3, 0.4) is 0 Å². The highest BCUT2D eigenvalue weighted by molar-refractivity contribution is 4.93. The number of rotatable bonds is 2. The minimum absolute atomic E-state index is 0.169. The van der Waals surface area contributed by atoms with Crippen molar-refractivity contribution in [1.82, 2.24) is 4.98 Å². The number of nitrogens with zero attached hydrogens (tertiary/aromatic N) is 2. The Kier molecular flexibility index (Phi) is 2.35. The van der Waals surface area contributed by atoms with Crippen LogP contribution < -0.4 is 4.73 Å². The fourth-order valence-electron chi connectivity index (χ4n) is 0.658. The molecule has 11 heavy (non-hydrogen) atoms. The van der Waals surface area contributed by atoms with Crippen molar-refractivity contribution in [3.05, 3.63) is 29.0 Å². The van der Waals surface area contributed by atoms with E-state index in [4.69, 9.17) is 10.2 Å². The van der Waals surface area contributed by atoms with Gasteiger partial charge in [0.25, 0.3) is 0 Å². The molecule has 0 saturated carbocycles. The summed E-state index contributed by atoms with van der Waals surface area (Å²) in [6.07, 6.45) is 2.37. The third kappa shape index (κ3) is 1.63. The molecule has 0 aliphatic rings. The highest BCUT2D eigenvalue weighted by atomic mass is 16.5. The van der Waals surface area contributed by atoms with Gasteiger partial charge in [-0.05, 0) is 0 Å². The van der Waals surface area contributed by atoms with E-state index in [1.165, 1.54) is 6.20 Å². The van der Waals surface area contributed by atoms with Crippen LogP contribution in [0.4, 0.5) is 0 Å². The van der Waals surface area contributed by atoms with Gasteiger partial charge < -0.3 is 15.4 Å². The molecule has 0 aliphatic carbocycles. The number of hydrogen-bond acceptors (Lipinski definition) is 4. The average molecular weight is 156 g/mol. The summed E-state index contributed by atoms with van der Waals surface area (Å²) in [5, 5.41) is 27.9. The SMILES string of the molecule is [O-][n+]1cc(CO)ncc1CO. The molecule has 0 atom stereocenters. The van der Waals surface area contributed by atoms with Crippen molar-refractivity contribution in [3.8, 4) is 0 Å². The molecule has 1 rings (SSSR count). The first kappa shape index (κ1) is 7.90. The first-order valence-electron chi connectivity index (χ1n) is 3.06.